The molecule has 1 aromatic heterocycles. The fourth-order valence-corrected chi connectivity index (χ4v) is 3.95. The number of hydrogen-bond donors (Lipinski definition) is 0. The Bertz CT molecular complexity index is 908. The lowest BCUT2D eigenvalue weighted by Crippen LogP contribution is -2.50. The molecule has 1 unspecified atom stereocenters. The third kappa shape index (κ3) is 6.28. The molecule has 0 radical (unpaired) electrons. The number of piperazine rings is 1. The van der Waals surface area contributed by atoms with E-state index in [0.29, 0.717) is 6.04 Å². The maximum absolute atomic E-state index is 4.97. The van der Waals surface area contributed by atoms with E-state index in [0.717, 1.165) is 42.8 Å². The van der Waals surface area contributed by atoms with Crippen LogP contribution in [0.5, 0.6) is 5.75 Å². The van der Waals surface area contributed by atoms with Crippen LogP contribution in [0.3, 0.4) is 0 Å². The van der Waals surface area contributed by atoms with Gasteiger partial charge in [-0.25, -0.2) is 4.98 Å². The maximum atomic E-state index is 4.97. The standard InChI is InChI=1S/C16H22N4S.C8H10O/c1-12-4-6-14(7-5-12)10-15-17-16(21-18-15)20-9-8-19(3)13(2)11-20;1-7-3-5-8(9-2)6-4-7/h4-7,13H,8-11H2,1-3H3;3-6H,1-2H3. The van der Waals surface area contributed by atoms with Crippen LogP contribution in [0.2, 0.25) is 0 Å². The molecule has 1 saturated heterocycles. The van der Waals surface area contributed by atoms with Gasteiger partial charge in [-0.3, -0.25) is 0 Å². The number of methoxy groups -OCH3 is 1. The van der Waals surface area contributed by atoms with Crippen molar-refractivity contribution in [3.05, 3.63) is 71.0 Å². The zero-order valence-electron chi connectivity index (χ0n) is 18.6. The molecule has 1 fully saturated rings. The molecule has 0 bridgehead atoms. The first-order valence-corrected chi connectivity index (χ1v) is 11.2. The van der Waals surface area contributed by atoms with Gasteiger partial charge in [0.05, 0.1) is 7.11 Å². The number of ether oxygens (including phenoxy) is 1. The number of anilines is 1. The van der Waals surface area contributed by atoms with Gasteiger partial charge < -0.3 is 14.5 Å². The van der Waals surface area contributed by atoms with Gasteiger partial charge in [0.15, 0.2) is 0 Å². The Labute approximate surface area is 184 Å². The van der Waals surface area contributed by atoms with Crippen LogP contribution in [0.25, 0.3) is 0 Å². The Balaban J connectivity index is 0.000000239. The van der Waals surface area contributed by atoms with Gasteiger partial charge in [0.1, 0.15) is 11.6 Å². The molecule has 1 aliphatic heterocycles. The minimum atomic E-state index is 0.572. The lowest BCUT2D eigenvalue weighted by atomic mass is 10.1. The monoisotopic (exact) mass is 424 g/mol. The summed E-state index contributed by atoms with van der Waals surface area (Å²) in [6.45, 7) is 9.60. The van der Waals surface area contributed by atoms with Crippen LogP contribution in [0.4, 0.5) is 5.13 Å². The molecule has 4 rings (SSSR count). The SMILES string of the molecule is COc1ccc(C)cc1.Cc1ccc(Cc2nsc(N3CCN(C)C(C)C3)n2)cc1. The summed E-state index contributed by atoms with van der Waals surface area (Å²) in [4.78, 5) is 9.48. The van der Waals surface area contributed by atoms with Gasteiger partial charge in [0, 0.05) is 43.6 Å². The Kier molecular flexibility index (Phi) is 7.82. The van der Waals surface area contributed by atoms with Crippen LogP contribution in [-0.2, 0) is 6.42 Å². The van der Waals surface area contributed by atoms with E-state index in [9.17, 15) is 0 Å². The fraction of sp³-hybridized carbons (Fsp3) is 0.417. The molecule has 1 aliphatic rings. The minimum Gasteiger partial charge on any atom is -0.497 e. The fourth-order valence-electron chi connectivity index (χ4n) is 3.23. The summed E-state index contributed by atoms with van der Waals surface area (Å²) in [7, 11) is 3.86. The van der Waals surface area contributed by atoms with E-state index in [-0.39, 0.29) is 0 Å². The average Bonchev–Trinajstić information content (AvgIpc) is 3.21. The molecule has 2 heterocycles. The number of aromatic nitrogens is 2. The van der Waals surface area contributed by atoms with Crippen molar-refractivity contribution in [3.63, 3.8) is 0 Å². The van der Waals surface area contributed by atoms with E-state index in [2.05, 4.69) is 66.3 Å². The number of rotatable bonds is 4. The third-order valence-electron chi connectivity index (χ3n) is 5.43. The highest BCUT2D eigenvalue weighted by atomic mass is 32.1. The summed E-state index contributed by atoms with van der Waals surface area (Å²) in [5.74, 6) is 1.85. The lowest BCUT2D eigenvalue weighted by molar-refractivity contribution is 0.234. The van der Waals surface area contributed by atoms with Crippen LogP contribution in [-0.4, -0.2) is 54.1 Å². The van der Waals surface area contributed by atoms with E-state index < -0.39 is 0 Å². The zero-order chi connectivity index (χ0) is 21.5. The van der Waals surface area contributed by atoms with Crippen molar-refractivity contribution in [2.24, 2.45) is 0 Å². The molecular formula is C24H32N4OS. The van der Waals surface area contributed by atoms with Gasteiger partial charge >= 0.3 is 0 Å². The first kappa shape index (κ1) is 22.2. The van der Waals surface area contributed by atoms with Crippen LogP contribution in [0.15, 0.2) is 48.5 Å². The summed E-state index contributed by atoms with van der Waals surface area (Å²) in [6, 6.07) is 17.1. The Morgan fingerprint density at radius 1 is 1.00 bits per heavy atom. The van der Waals surface area contributed by atoms with Crippen molar-refractivity contribution in [3.8, 4) is 5.75 Å². The summed E-state index contributed by atoms with van der Waals surface area (Å²) in [6.07, 6.45) is 0.820. The van der Waals surface area contributed by atoms with Crippen molar-refractivity contribution >= 4 is 16.7 Å². The largest absolute Gasteiger partial charge is 0.497 e. The number of hydrogen-bond acceptors (Lipinski definition) is 6. The quantitative estimate of drug-likeness (QED) is 0.613. The number of nitrogens with zero attached hydrogens (tertiary/aromatic N) is 4. The van der Waals surface area contributed by atoms with E-state index in [1.54, 1.807) is 7.11 Å². The number of likely N-dealkylation sites (N-methyl/N-ethyl adjacent to an activating group) is 1. The van der Waals surface area contributed by atoms with Gasteiger partial charge in [-0.05, 0) is 45.5 Å². The normalized spacial score (nSPS) is 16.7. The van der Waals surface area contributed by atoms with Crippen LogP contribution in [0, 0.1) is 13.8 Å². The molecule has 0 saturated carbocycles. The molecule has 2 aromatic carbocycles. The van der Waals surface area contributed by atoms with Crippen molar-refractivity contribution < 1.29 is 4.74 Å². The van der Waals surface area contributed by atoms with Crippen molar-refractivity contribution in [2.75, 3.05) is 38.7 Å². The maximum Gasteiger partial charge on any atom is 0.205 e. The Morgan fingerprint density at radius 3 is 2.23 bits per heavy atom. The van der Waals surface area contributed by atoms with Crippen molar-refractivity contribution in [2.45, 2.75) is 33.2 Å². The predicted molar refractivity (Wildman–Crippen MR) is 126 cm³/mol. The van der Waals surface area contributed by atoms with Gasteiger partial charge in [-0.2, -0.15) is 4.37 Å². The molecule has 0 amide bonds. The second-order valence-corrected chi connectivity index (χ2v) is 8.68. The summed E-state index contributed by atoms with van der Waals surface area (Å²) < 4.78 is 9.50. The van der Waals surface area contributed by atoms with Gasteiger partial charge in [-0.15, -0.1) is 0 Å². The van der Waals surface area contributed by atoms with Crippen molar-refractivity contribution in [1.29, 1.82) is 0 Å². The molecule has 6 heteroatoms. The number of benzene rings is 2. The zero-order valence-corrected chi connectivity index (χ0v) is 19.4. The van der Waals surface area contributed by atoms with Crippen LogP contribution in [0.1, 0.15) is 29.4 Å². The van der Waals surface area contributed by atoms with Crippen LogP contribution < -0.4 is 9.64 Å². The van der Waals surface area contributed by atoms with Gasteiger partial charge in [-0.1, -0.05) is 47.5 Å². The highest BCUT2D eigenvalue weighted by Crippen LogP contribution is 2.22. The molecule has 0 spiro atoms. The first-order valence-electron chi connectivity index (χ1n) is 10.4. The van der Waals surface area contributed by atoms with Gasteiger partial charge in [0.2, 0.25) is 5.13 Å². The molecule has 3 aromatic rings. The van der Waals surface area contributed by atoms with E-state index in [1.165, 1.54) is 28.2 Å². The molecule has 160 valence electrons. The Morgan fingerprint density at radius 2 is 1.63 bits per heavy atom. The molecule has 5 nitrogen and oxygen atoms in total. The van der Waals surface area contributed by atoms with Gasteiger partial charge in [0.25, 0.3) is 0 Å². The topological polar surface area (TPSA) is 41.5 Å². The molecule has 0 aliphatic carbocycles. The summed E-state index contributed by atoms with van der Waals surface area (Å²) >= 11 is 1.53. The molecule has 1 atom stereocenters. The van der Waals surface area contributed by atoms with E-state index in [4.69, 9.17) is 9.72 Å². The lowest BCUT2D eigenvalue weighted by Gasteiger charge is -2.37. The second-order valence-electron chi connectivity index (χ2n) is 7.95. The molecule has 0 N–H and O–H groups in total. The smallest absolute Gasteiger partial charge is 0.205 e. The molecule has 30 heavy (non-hydrogen) atoms. The number of aryl methyl sites for hydroxylation is 2. The predicted octanol–water partition coefficient (Wildman–Crippen LogP) is 4.58. The first-order chi connectivity index (χ1) is 14.4. The summed E-state index contributed by atoms with van der Waals surface area (Å²) in [5, 5.41) is 1.07. The van der Waals surface area contributed by atoms with Crippen LogP contribution >= 0.6 is 11.5 Å². The average molecular weight is 425 g/mol. The molecular weight excluding hydrogens is 392 g/mol. The summed E-state index contributed by atoms with van der Waals surface area (Å²) in [5.41, 5.74) is 3.82. The second kappa shape index (κ2) is 10.5. The van der Waals surface area contributed by atoms with Crippen molar-refractivity contribution in [1.82, 2.24) is 14.3 Å². The van der Waals surface area contributed by atoms with E-state index in [1.807, 2.05) is 24.3 Å². The van der Waals surface area contributed by atoms with E-state index >= 15 is 0 Å². The highest BCUT2D eigenvalue weighted by molar-refractivity contribution is 7.09. The third-order valence-corrected chi connectivity index (χ3v) is 6.24. The Hall–Kier alpha value is -2.44. The minimum absolute atomic E-state index is 0.572. The highest BCUT2D eigenvalue weighted by Gasteiger charge is 2.23.